The van der Waals surface area contributed by atoms with Crippen LogP contribution >= 0.6 is 0 Å². The maximum atomic E-state index is 13.1. The van der Waals surface area contributed by atoms with Gasteiger partial charge in [-0.05, 0) is 35.0 Å². The number of hydrogen-bond donors (Lipinski definition) is 2. The van der Waals surface area contributed by atoms with Crippen molar-refractivity contribution in [3.63, 3.8) is 0 Å². The van der Waals surface area contributed by atoms with Gasteiger partial charge in [-0.3, -0.25) is 9.59 Å². The van der Waals surface area contributed by atoms with Gasteiger partial charge in [-0.25, -0.2) is 4.39 Å². The third-order valence-electron chi connectivity index (χ3n) is 3.82. The highest BCUT2D eigenvalue weighted by Crippen LogP contribution is 2.18. The molecule has 25 heavy (non-hydrogen) atoms. The van der Waals surface area contributed by atoms with Crippen molar-refractivity contribution in [1.29, 1.82) is 0 Å². The summed E-state index contributed by atoms with van der Waals surface area (Å²) in [6, 6.07) is 18.7. The van der Waals surface area contributed by atoms with E-state index in [9.17, 15) is 14.0 Å². The molecule has 0 unspecified atom stereocenters. The zero-order valence-corrected chi connectivity index (χ0v) is 13.5. The van der Waals surface area contributed by atoms with Crippen LogP contribution in [0.4, 0.5) is 4.39 Å². The van der Waals surface area contributed by atoms with Crippen molar-refractivity contribution in [2.45, 2.75) is 0 Å². The number of halogens is 1. The van der Waals surface area contributed by atoms with Crippen molar-refractivity contribution >= 4 is 22.6 Å². The molecule has 0 aliphatic rings. The van der Waals surface area contributed by atoms with Crippen LogP contribution in [0, 0.1) is 5.82 Å². The van der Waals surface area contributed by atoms with Crippen LogP contribution in [0.1, 0.15) is 20.7 Å². The Hall–Kier alpha value is -3.21. The molecule has 0 atom stereocenters. The second-order valence-corrected chi connectivity index (χ2v) is 5.55. The predicted octanol–water partition coefficient (Wildman–Crippen LogP) is 3.14. The number of carbonyl (C=O) groups is 2. The van der Waals surface area contributed by atoms with Crippen molar-refractivity contribution in [2.75, 3.05) is 13.1 Å². The summed E-state index contributed by atoms with van der Waals surface area (Å²) < 4.78 is 13.1. The van der Waals surface area contributed by atoms with Crippen LogP contribution in [0.2, 0.25) is 0 Å². The van der Waals surface area contributed by atoms with Crippen molar-refractivity contribution in [1.82, 2.24) is 10.6 Å². The monoisotopic (exact) mass is 336 g/mol. The lowest BCUT2D eigenvalue weighted by Gasteiger charge is -2.09. The maximum Gasteiger partial charge on any atom is 0.251 e. The van der Waals surface area contributed by atoms with E-state index in [1.54, 1.807) is 6.07 Å². The first kappa shape index (κ1) is 16.6. The van der Waals surface area contributed by atoms with Gasteiger partial charge >= 0.3 is 0 Å². The largest absolute Gasteiger partial charge is 0.350 e. The lowest BCUT2D eigenvalue weighted by molar-refractivity contribution is 0.0928. The molecule has 0 radical (unpaired) electrons. The van der Waals surface area contributed by atoms with E-state index in [1.807, 2.05) is 36.4 Å². The van der Waals surface area contributed by atoms with Crippen LogP contribution in [0.25, 0.3) is 10.8 Å². The first-order chi connectivity index (χ1) is 12.1. The normalized spacial score (nSPS) is 10.4. The van der Waals surface area contributed by atoms with Gasteiger partial charge < -0.3 is 10.6 Å². The van der Waals surface area contributed by atoms with Crippen LogP contribution in [0.5, 0.6) is 0 Å². The highest BCUT2D eigenvalue weighted by Gasteiger charge is 2.09. The molecule has 126 valence electrons. The van der Waals surface area contributed by atoms with E-state index < -0.39 is 5.82 Å². The molecule has 2 N–H and O–H groups in total. The summed E-state index contributed by atoms with van der Waals surface area (Å²) >= 11 is 0. The molecule has 0 aliphatic carbocycles. The SMILES string of the molecule is O=C(NCCNC(=O)c1cccc2ccccc12)c1cccc(F)c1. The first-order valence-corrected chi connectivity index (χ1v) is 7.95. The third-order valence-corrected chi connectivity index (χ3v) is 3.82. The van der Waals surface area contributed by atoms with Gasteiger partial charge in [0.2, 0.25) is 0 Å². The lowest BCUT2D eigenvalue weighted by Crippen LogP contribution is -2.34. The van der Waals surface area contributed by atoms with Crippen molar-refractivity contribution in [3.05, 3.63) is 83.7 Å². The summed E-state index contributed by atoms with van der Waals surface area (Å²) in [5.74, 6) is -1.03. The van der Waals surface area contributed by atoms with E-state index in [4.69, 9.17) is 0 Å². The Morgan fingerprint density at radius 3 is 2.28 bits per heavy atom. The molecule has 2 amide bonds. The molecule has 3 aromatic carbocycles. The Bertz CT molecular complexity index is 919. The maximum absolute atomic E-state index is 13.1. The van der Waals surface area contributed by atoms with Crippen LogP contribution in [-0.4, -0.2) is 24.9 Å². The van der Waals surface area contributed by atoms with Crippen molar-refractivity contribution < 1.29 is 14.0 Å². The Balaban J connectivity index is 1.55. The minimum absolute atomic E-state index is 0.197. The van der Waals surface area contributed by atoms with E-state index in [-0.39, 0.29) is 30.5 Å². The molecular formula is C20H17FN2O2. The molecule has 5 heteroatoms. The number of nitrogens with one attached hydrogen (secondary N) is 2. The smallest absolute Gasteiger partial charge is 0.251 e. The second kappa shape index (κ2) is 7.57. The second-order valence-electron chi connectivity index (χ2n) is 5.55. The quantitative estimate of drug-likeness (QED) is 0.703. The van der Waals surface area contributed by atoms with Gasteiger partial charge in [0.05, 0.1) is 0 Å². The molecule has 4 nitrogen and oxygen atoms in total. The Morgan fingerprint density at radius 2 is 1.48 bits per heavy atom. The molecular weight excluding hydrogens is 319 g/mol. The fourth-order valence-corrected chi connectivity index (χ4v) is 2.60. The summed E-state index contributed by atoms with van der Waals surface area (Å²) in [4.78, 5) is 24.2. The number of hydrogen-bond acceptors (Lipinski definition) is 2. The Morgan fingerprint density at radius 1 is 0.800 bits per heavy atom. The molecule has 3 aromatic rings. The average Bonchev–Trinajstić information content (AvgIpc) is 2.64. The molecule has 0 fully saturated rings. The van der Waals surface area contributed by atoms with Crippen LogP contribution in [-0.2, 0) is 0 Å². The molecule has 3 rings (SSSR count). The van der Waals surface area contributed by atoms with Crippen LogP contribution < -0.4 is 10.6 Å². The summed E-state index contributed by atoms with van der Waals surface area (Å²) in [5.41, 5.74) is 0.843. The lowest BCUT2D eigenvalue weighted by atomic mass is 10.0. The van der Waals surface area contributed by atoms with Gasteiger partial charge in [0.15, 0.2) is 0 Å². The molecule has 0 heterocycles. The Kier molecular flexibility index (Phi) is 5.04. The van der Waals surface area contributed by atoms with E-state index in [1.165, 1.54) is 24.3 Å². The van der Waals surface area contributed by atoms with E-state index >= 15 is 0 Å². The predicted molar refractivity (Wildman–Crippen MR) is 95.0 cm³/mol. The summed E-state index contributed by atoms with van der Waals surface area (Å²) in [6.07, 6.45) is 0. The minimum atomic E-state index is -0.461. The number of benzene rings is 3. The Labute approximate surface area is 144 Å². The first-order valence-electron chi connectivity index (χ1n) is 7.95. The fraction of sp³-hybridized carbons (Fsp3) is 0.100. The highest BCUT2D eigenvalue weighted by atomic mass is 19.1. The van der Waals surface area contributed by atoms with Crippen molar-refractivity contribution in [2.24, 2.45) is 0 Å². The molecule has 0 bridgehead atoms. The summed E-state index contributed by atoms with van der Waals surface area (Å²) in [7, 11) is 0. The highest BCUT2D eigenvalue weighted by molar-refractivity contribution is 6.07. The zero-order chi connectivity index (χ0) is 17.6. The summed E-state index contributed by atoms with van der Waals surface area (Å²) in [6.45, 7) is 0.537. The molecule has 0 aromatic heterocycles. The van der Waals surface area contributed by atoms with Gasteiger partial charge in [-0.1, -0.05) is 42.5 Å². The van der Waals surface area contributed by atoms with Gasteiger partial charge in [0.1, 0.15) is 5.82 Å². The summed E-state index contributed by atoms with van der Waals surface area (Å²) in [5, 5.41) is 7.31. The van der Waals surface area contributed by atoms with Gasteiger partial charge in [0, 0.05) is 24.2 Å². The van der Waals surface area contributed by atoms with Gasteiger partial charge in [0.25, 0.3) is 11.8 Å². The van der Waals surface area contributed by atoms with Crippen LogP contribution in [0.15, 0.2) is 66.7 Å². The van der Waals surface area contributed by atoms with E-state index in [0.717, 1.165) is 10.8 Å². The zero-order valence-electron chi connectivity index (χ0n) is 13.5. The number of carbonyl (C=O) groups excluding carboxylic acids is 2. The molecule has 0 saturated heterocycles. The average molecular weight is 336 g/mol. The minimum Gasteiger partial charge on any atom is -0.350 e. The van der Waals surface area contributed by atoms with Crippen molar-refractivity contribution in [3.8, 4) is 0 Å². The molecule has 0 spiro atoms. The number of fused-ring (bicyclic) bond motifs is 1. The van der Waals surface area contributed by atoms with Gasteiger partial charge in [-0.15, -0.1) is 0 Å². The fourth-order valence-electron chi connectivity index (χ4n) is 2.60. The number of rotatable bonds is 5. The number of amides is 2. The molecule has 0 aliphatic heterocycles. The molecule has 0 saturated carbocycles. The third kappa shape index (κ3) is 4.01. The van der Waals surface area contributed by atoms with E-state index in [0.29, 0.717) is 5.56 Å². The topological polar surface area (TPSA) is 58.2 Å². The van der Waals surface area contributed by atoms with Gasteiger partial charge in [-0.2, -0.15) is 0 Å². The van der Waals surface area contributed by atoms with Crippen LogP contribution in [0.3, 0.4) is 0 Å². The standard InChI is InChI=1S/C20H17FN2O2/c21-16-8-3-7-15(13-16)19(24)22-11-12-23-20(25)18-10-4-6-14-5-1-2-9-17(14)18/h1-10,13H,11-12H2,(H,22,24)(H,23,25). The van der Waals surface area contributed by atoms with E-state index in [2.05, 4.69) is 10.6 Å².